The molecule has 3 nitrogen and oxygen atoms in total. The van der Waals surface area contributed by atoms with Gasteiger partial charge in [-0.3, -0.25) is 0 Å². The summed E-state index contributed by atoms with van der Waals surface area (Å²) in [5.41, 5.74) is 7.71. The molecule has 0 spiro atoms. The van der Waals surface area contributed by atoms with Crippen LogP contribution < -0.4 is 10.5 Å². The zero-order valence-electron chi connectivity index (χ0n) is 11.8. The third-order valence-electron chi connectivity index (χ3n) is 3.32. The molecule has 108 valence electrons. The first-order valence-electron chi connectivity index (χ1n) is 6.81. The Bertz CT molecular complexity index is 647. The summed E-state index contributed by atoms with van der Waals surface area (Å²) in [4.78, 5) is 0. The number of hydrogen-bond donors (Lipinski definition) is 1. The molecule has 0 aliphatic heterocycles. The summed E-state index contributed by atoms with van der Waals surface area (Å²) in [6.45, 7) is 2.15. The summed E-state index contributed by atoms with van der Waals surface area (Å²) in [5.74, 6) is 0.226. The van der Waals surface area contributed by atoms with E-state index >= 15 is 0 Å². The molecular formula is C17H17FN2O. The van der Waals surface area contributed by atoms with E-state index in [9.17, 15) is 4.39 Å². The van der Waals surface area contributed by atoms with Gasteiger partial charge in [-0.1, -0.05) is 25.1 Å². The molecule has 0 amide bonds. The standard InChI is InChI=1S/C17H17FN2O/c1-2-17(20)13-5-7-15(8-6-13)21-11-14-4-3-12(10-19)9-16(14)18/h3-9,17H,2,11,20H2,1H3. The van der Waals surface area contributed by atoms with E-state index in [4.69, 9.17) is 15.7 Å². The van der Waals surface area contributed by atoms with Crippen molar-refractivity contribution in [2.75, 3.05) is 0 Å². The molecule has 0 aliphatic carbocycles. The molecule has 0 aliphatic rings. The van der Waals surface area contributed by atoms with E-state index in [0.29, 0.717) is 16.9 Å². The summed E-state index contributed by atoms with van der Waals surface area (Å²) in [6.07, 6.45) is 0.872. The molecule has 0 saturated heterocycles. The van der Waals surface area contributed by atoms with Gasteiger partial charge in [0.2, 0.25) is 0 Å². The molecule has 0 heterocycles. The van der Waals surface area contributed by atoms with Crippen LogP contribution in [0.1, 0.15) is 36.1 Å². The Morgan fingerprint density at radius 1 is 1.24 bits per heavy atom. The van der Waals surface area contributed by atoms with Crippen molar-refractivity contribution >= 4 is 0 Å². The normalized spacial score (nSPS) is 11.7. The average Bonchev–Trinajstić information content (AvgIpc) is 2.53. The minimum atomic E-state index is -0.432. The van der Waals surface area contributed by atoms with E-state index in [2.05, 4.69) is 0 Å². The van der Waals surface area contributed by atoms with E-state index in [1.165, 1.54) is 6.07 Å². The van der Waals surface area contributed by atoms with Crippen molar-refractivity contribution in [3.05, 3.63) is 65.0 Å². The highest BCUT2D eigenvalue weighted by Gasteiger charge is 2.06. The van der Waals surface area contributed by atoms with Crippen LogP contribution in [0.25, 0.3) is 0 Å². The van der Waals surface area contributed by atoms with Gasteiger partial charge in [-0.25, -0.2) is 4.39 Å². The van der Waals surface area contributed by atoms with E-state index in [1.54, 1.807) is 12.1 Å². The van der Waals surface area contributed by atoms with E-state index in [-0.39, 0.29) is 12.6 Å². The molecule has 0 fully saturated rings. The topological polar surface area (TPSA) is 59.0 Å². The number of ether oxygens (including phenoxy) is 1. The number of hydrogen-bond acceptors (Lipinski definition) is 3. The van der Waals surface area contributed by atoms with Crippen LogP contribution in [0, 0.1) is 17.1 Å². The second kappa shape index (κ2) is 6.87. The van der Waals surface area contributed by atoms with Crippen LogP contribution in [0.4, 0.5) is 4.39 Å². The maximum absolute atomic E-state index is 13.7. The number of nitriles is 1. The van der Waals surface area contributed by atoms with E-state index in [0.717, 1.165) is 12.0 Å². The van der Waals surface area contributed by atoms with Crippen LogP contribution in [0.2, 0.25) is 0 Å². The highest BCUT2D eigenvalue weighted by Crippen LogP contribution is 2.20. The van der Waals surface area contributed by atoms with Gasteiger partial charge in [-0.2, -0.15) is 5.26 Å². The lowest BCUT2D eigenvalue weighted by molar-refractivity contribution is 0.299. The Balaban J connectivity index is 2.02. The number of rotatable bonds is 5. The first-order valence-corrected chi connectivity index (χ1v) is 6.81. The van der Waals surface area contributed by atoms with Gasteiger partial charge in [0.25, 0.3) is 0 Å². The van der Waals surface area contributed by atoms with Crippen LogP contribution in [0.15, 0.2) is 42.5 Å². The van der Waals surface area contributed by atoms with Crippen LogP contribution in [0.3, 0.4) is 0 Å². The number of nitrogens with zero attached hydrogens (tertiary/aromatic N) is 1. The molecule has 21 heavy (non-hydrogen) atoms. The maximum Gasteiger partial charge on any atom is 0.131 e. The van der Waals surface area contributed by atoms with Crippen molar-refractivity contribution < 1.29 is 9.13 Å². The molecule has 0 saturated carbocycles. The Hall–Kier alpha value is -2.38. The number of nitrogens with two attached hydrogens (primary N) is 1. The highest BCUT2D eigenvalue weighted by molar-refractivity contribution is 5.33. The smallest absolute Gasteiger partial charge is 0.131 e. The van der Waals surface area contributed by atoms with Crippen molar-refractivity contribution in [3.63, 3.8) is 0 Å². The molecule has 1 atom stereocenters. The van der Waals surface area contributed by atoms with Gasteiger partial charge in [0.1, 0.15) is 18.2 Å². The van der Waals surface area contributed by atoms with Gasteiger partial charge in [0.15, 0.2) is 0 Å². The van der Waals surface area contributed by atoms with Crippen LogP contribution in [-0.2, 0) is 6.61 Å². The van der Waals surface area contributed by atoms with Crippen molar-refractivity contribution in [3.8, 4) is 11.8 Å². The Morgan fingerprint density at radius 3 is 2.52 bits per heavy atom. The SMILES string of the molecule is CCC(N)c1ccc(OCc2ccc(C#N)cc2F)cc1. The van der Waals surface area contributed by atoms with E-state index in [1.807, 2.05) is 37.3 Å². The van der Waals surface area contributed by atoms with Gasteiger partial charge >= 0.3 is 0 Å². The molecule has 2 aromatic carbocycles. The van der Waals surface area contributed by atoms with Gasteiger partial charge in [-0.15, -0.1) is 0 Å². The summed E-state index contributed by atoms with van der Waals surface area (Å²) >= 11 is 0. The van der Waals surface area contributed by atoms with Gasteiger partial charge in [-0.05, 0) is 36.2 Å². The van der Waals surface area contributed by atoms with Gasteiger partial charge < -0.3 is 10.5 Å². The Morgan fingerprint density at radius 2 is 1.95 bits per heavy atom. The highest BCUT2D eigenvalue weighted by atomic mass is 19.1. The molecule has 0 bridgehead atoms. The quantitative estimate of drug-likeness (QED) is 0.911. The van der Waals surface area contributed by atoms with Crippen LogP contribution in [-0.4, -0.2) is 0 Å². The monoisotopic (exact) mass is 284 g/mol. The summed E-state index contributed by atoms with van der Waals surface area (Å²) in [5, 5.41) is 8.69. The zero-order valence-corrected chi connectivity index (χ0v) is 11.8. The Labute approximate surface area is 123 Å². The molecule has 2 rings (SSSR count). The average molecular weight is 284 g/mol. The molecule has 0 aromatic heterocycles. The minimum Gasteiger partial charge on any atom is -0.489 e. The third-order valence-corrected chi connectivity index (χ3v) is 3.32. The first-order chi connectivity index (χ1) is 10.1. The summed E-state index contributed by atoms with van der Waals surface area (Å²) < 4.78 is 19.3. The minimum absolute atomic E-state index is 0.0232. The lowest BCUT2D eigenvalue weighted by atomic mass is 10.1. The predicted octanol–water partition coefficient (Wildman–Crippen LogP) is 3.69. The fourth-order valence-corrected chi connectivity index (χ4v) is 1.94. The van der Waals surface area contributed by atoms with Crippen LogP contribution in [0.5, 0.6) is 5.75 Å². The molecule has 1 unspecified atom stereocenters. The molecule has 2 N–H and O–H groups in total. The van der Waals surface area contributed by atoms with Crippen LogP contribution >= 0.6 is 0 Å². The molecular weight excluding hydrogens is 267 g/mol. The second-order valence-corrected chi connectivity index (χ2v) is 4.79. The van der Waals surface area contributed by atoms with E-state index < -0.39 is 5.82 Å². The zero-order chi connectivity index (χ0) is 15.2. The molecule has 2 aromatic rings. The fourth-order valence-electron chi connectivity index (χ4n) is 1.94. The first kappa shape index (κ1) is 15.0. The lowest BCUT2D eigenvalue weighted by Crippen LogP contribution is -2.08. The number of benzene rings is 2. The van der Waals surface area contributed by atoms with Gasteiger partial charge in [0, 0.05) is 11.6 Å². The van der Waals surface area contributed by atoms with Gasteiger partial charge in [0.05, 0.1) is 11.6 Å². The van der Waals surface area contributed by atoms with Crippen molar-refractivity contribution in [2.45, 2.75) is 26.0 Å². The van der Waals surface area contributed by atoms with Crippen molar-refractivity contribution in [1.29, 1.82) is 5.26 Å². The Kier molecular flexibility index (Phi) is 4.91. The molecule has 4 heteroatoms. The second-order valence-electron chi connectivity index (χ2n) is 4.79. The lowest BCUT2D eigenvalue weighted by Gasteiger charge is -2.11. The summed E-state index contributed by atoms with van der Waals surface area (Å²) in [7, 11) is 0. The summed E-state index contributed by atoms with van der Waals surface area (Å²) in [6, 6.07) is 13.8. The fraction of sp³-hybridized carbons (Fsp3) is 0.235. The van der Waals surface area contributed by atoms with Crippen molar-refractivity contribution in [1.82, 2.24) is 0 Å². The number of halogens is 1. The van der Waals surface area contributed by atoms with Crippen molar-refractivity contribution in [2.24, 2.45) is 5.73 Å². The predicted molar refractivity (Wildman–Crippen MR) is 79.1 cm³/mol. The maximum atomic E-state index is 13.7. The molecule has 0 radical (unpaired) electrons. The third kappa shape index (κ3) is 3.80. The largest absolute Gasteiger partial charge is 0.489 e.